The summed E-state index contributed by atoms with van der Waals surface area (Å²) in [4.78, 5) is 13.6. The smallest absolute Gasteiger partial charge is 0.390 e. The molecule has 0 N–H and O–H groups in total. The van der Waals surface area contributed by atoms with Gasteiger partial charge in [0.15, 0.2) is 0 Å². The third-order valence-corrected chi connectivity index (χ3v) is 0.878. The zero-order valence-electron chi connectivity index (χ0n) is 5.83. The summed E-state index contributed by atoms with van der Waals surface area (Å²) in [6, 6.07) is -0.694. The summed E-state index contributed by atoms with van der Waals surface area (Å²) in [5.74, 6) is -0.491. The second kappa shape index (κ2) is 4.57. The molecule has 0 saturated heterocycles. The quantitative estimate of drug-likeness (QED) is 0.332. The number of carbonyl (C=O) groups excluding carboxylic acids is 1. The van der Waals surface area contributed by atoms with E-state index in [0.717, 1.165) is 0 Å². The van der Waals surface area contributed by atoms with Crippen LogP contribution in [-0.4, -0.2) is 18.6 Å². The van der Waals surface area contributed by atoms with Gasteiger partial charge in [0.25, 0.3) is 0 Å². The molecule has 0 aromatic carbocycles. The summed E-state index contributed by atoms with van der Waals surface area (Å²) in [6.45, 7) is 11.5. The molecule has 0 rings (SSSR count). The maximum atomic E-state index is 10.6. The van der Waals surface area contributed by atoms with Crippen LogP contribution in [0.3, 0.4) is 0 Å². The normalized spacial score (nSPS) is 11.2. The Morgan fingerprint density at radius 2 is 2.60 bits per heavy atom. The molecular formula is C7H9NO2. The molecule has 0 saturated carbocycles. The summed E-state index contributed by atoms with van der Waals surface area (Å²) in [5, 5.41) is 0. The number of esters is 1. The molecule has 0 radical (unpaired) electrons. The van der Waals surface area contributed by atoms with E-state index in [2.05, 4.69) is 16.2 Å². The van der Waals surface area contributed by atoms with Crippen LogP contribution in [0.1, 0.15) is 6.92 Å². The number of nitrogens with zero attached hydrogens (tertiary/aromatic N) is 1. The molecular weight excluding hydrogens is 130 g/mol. The average molecular weight is 139 g/mol. The van der Waals surface area contributed by atoms with Crippen molar-refractivity contribution in [2.24, 2.45) is 0 Å². The third kappa shape index (κ3) is 2.88. The van der Waals surface area contributed by atoms with Crippen molar-refractivity contribution in [1.29, 1.82) is 0 Å². The lowest BCUT2D eigenvalue weighted by Gasteiger charge is -1.98. The Hall–Kier alpha value is -1.30. The molecule has 0 aliphatic rings. The van der Waals surface area contributed by atoms with Crippen molar-refractivity contribution >= 4 is 5.97 Å². The highest BCUT2D eigenvalue weighted by Gasteiger charge is 2.16. The van der Waals surface area contributed by atoms with Crippen molar-refractivity contribution in [2.45, 2.75) is 13.0 Å². The van der Waals surface area contributed by atoms with Crippen LogP contribution >= 0.6 is 0 Å². The molecule has 3 nitrogen and oxygen atoms in total. The van der Waals surface area contributed by atoms with Gasteiger partial charge in [0, 0.05) is 6.92 Å². The van der Waals surface area contributed by atoms with Crippen LogP contribution in [0.4, 0.5) is 0 Å². The van der Waals surface area contributed by atoms with Crippen molar-refractivity contribution in [3.63, 3.8) is 0 Å². The van der Waals surface area contributed by atoms with E-state index in [1.807, 2.05) is 0 Å². The Labute approximate surface area is 60.1 Å². The Morgan fingerprint density at radius 3 is 3.00 bits per heavy atom. The first-order valence-electron chi connectivity index (χ1n) is 2.86. The number of hydrogen-bond donors (Lipinski definition) is 0. The first-order valence-corrected chi connectivity index (χ1v) is 2.86. The molecule has 3 heteroatoms. The van der Waals surface area contributed by atoms with E-state index in [4.69, 9.17) is 6.57 Å². The predicted octanol–water partition coefficient (Wildman–Crippen LogP) is 1.02. The van der Waals surface area contributed by atoms with Crippen molar-refractivity contribution in [3.8, 4) is 0 Å². The summed E-state index contributed by atoms with van der Waals surface area (Å²) < 4.78 is 4.57. The Morgan fingerprint density at radius 1 is 2.00 bits per heavy atom. The van der Waals surface area contributed by atoms with Gasteiger partial charge in [-0.2, -0.15) is 0 Å². The summed E-state index contributed by atoms with van der Waals surface area (Å²) in [7, 11) is 0. The zero-order valence-corrected chi connectivity index (χ0v) is 5.83. The first-order chi connectivity index (χ1) is 4.72. The van der Waals surface area contributed by atoms with Crippen molar-refractivity contribution < 1.29 is 9.53 Å². The monoisotopic (exact) mass is 139 g/mol. The molecule has 0 aliphatic carbocycles. The standard InChI is InChI=1S/C7H9NO2/c1-4-5-10-7(9)6(2)8-3/h4,6H,1,5H2,2H3. The Bertz CT molecular complexity index is 169. The van der Waals surface area contributed by atoms with Gasteiger partial charge < -0.3 is 9.58 Å². The maximum absolute atomic E-state index is 10.6. The van der Waals surface area contributed by atoms with Crippen LogP contribution in [0.25, 0.3) is 4.85 Å². The van der Waals surface area contributed by atoms with Crippen molar-refractivity contribution in [1.82, 2.24) is 0 Å². The molecule has 0 aromatic heterocycles. The molecule has 0 bridgehead atoms. The van der Waals surface area contributed by atoms with Crippen LogP contribution in [0.5, 0.6) is 0 Å². The molecule has 0 heterocycles. The van der Waals surface area contributed by atoms with Gasteiger partial charge in [-0.3, -0.25) is 0 Å². The highest BCUT2D eigenvalue weighted by Crippen LogP contribution is 1.92. The van der Waals surface area contributed by atoms with E-state index in [9.17, 15) is 4.79 Å². The summed E-state index contributed by atoms with van der Waals surface area (Å²) in [5.41, 5.74) is 0. The van der Waals surface area contributed by atoms with E-state index >= 15 is 0 Å². The molecule has 0 spiro atoms. The first kappa shape index (κ1) is 8.70. The van der Waals surface area contributed by atoms with E-state index in [1.54, 1.807) is 0 Å². The van der Waals surface area contributed by atoms with Gasteiger partial charge in [0.2, 0.25) is 0 Å². The Balaban J connectivity index is 3.64. The minimum Gasteiger partial charge on any atom is -0.456 e. The van der Waals surface area contributed by atoms with Gasteiger partial charge in [0.05, 0.1) is 0 Å². The van der Waals surface area contributed by atoms with E-state index in [0.29, 0.717) is 0 Å². The van der Waals surface area contributed by atoms with E-state index < -0.39 is 12.0 Å². The highest BCUT2D eigenvalue weighted by atomic mass is 16.5. The van der Waals surface area contributed by atoms with Gasteiger partial charge in [-0.1, -0.05) is 12.7 Å². The minimum atomic E-state index is -0.694. The van der Waals surface area contributed by atoms with Crippen LogP contribution in [0.15, 0.2) is 12.7 Å². The predicted molar refractivity (Wildman–Crippen MR) is 37.2 cm³/mol. The van der Waals surface area contributed by atoms with Crippen LogP contribution in [0.2, 0.25) is 0 Å². The van der Waals surface area contributed by atoms with Gasteiger partial charge in [-0.25, -0.2) is 11.4 Å². The maximum Gasteiger partial charge on any atom is 0.390 e. The fraction of sp³-hybridized carbons (Fsp3) is 0.429. The van der Waals surface area contributed by atoms with E-state index in [-0.39, 0.29) is 6.61 Å². The van der Waals surface area contributed by atoms with Gasteiger partial charge >= 0.3 is 12.0 Å². The molecule has 10 heavy (non-hydrogen) atoms. The molecule has 1 atom stereocenters. The Kier molecular flexibility index (Phi) is 3.97. The summed E-state index contributed by atoms with van der Waals surface area (Å²) >= 11 is 0. The van der Waals surface area contributed by atoms with Gasteiger partial charge in [-0.05, 0) is 0 Å². The molecule has 54 valence electrons. The number of hydrogen-bond acceptors (Lipinski definition) is 2. The largest absolute Gasteiger partial charge is 0.456 e. The SMILES string of the molecule is [C-]#[N+]C(C)C(=O)OCC=C. The number of carbonyl (C=O) groups is 1. The lowest BCUT2D eigenvalue weighted by molar-refractivity contribution is -0.142. The molecule has 0 aromatic rings. The lowest BCUT2D eigenvalue weighted by atomic mass is 10.4. The topological polar surface area (TPSA) is 30.7 Å². The van der Waals surface area contributed by atoms with Crippen LogP contribution < -0.4 is 0 Å². The minimum absolute atomic E-state index is 0.179. The third-order valence-electron chi connectivity index (χ3n) is 0.878. The second-order valence-corrected chi connectivity index (χ2v) is 1.72. The fourth-order valence-corrected chi connectivity index (χ4v) is 0.314. The van der Waals surface area contributed by atoms with Crippen LogP contribution in [-0.2, 0) is 9.53 Å². The van der Waals surface area contributed by atoms with Crippen molar-refractivity contribution in [3.05, 3.63) is 24.1 Å². The van der Waals surface area contributed by atoms with Crippen LogP contribution in [0, 0.1) is 6.57 Å². The van der Waals surface area contributed by atoms with Gasteiger partial charge in [0.1, 0.15) is 6.61 Å². The average Bonchev–Trinajstić information content (AvgIpc) is 1.98. The second-order valence-electron chi connectivity index (χ2n) is 1.72. The summed E-state index contributed by atoms with van der Waals surface area (Å²) in [6.07, 6.45) is 1.47. The van der Waals surface area contributed by atoms with Gasteiger partial charge in [-0.15, -0.1) is 0 Å². The van der Waals surface area contributed by atoms with E-state index in [1.165, 1.54) is 13.0 Å². The molecule has 1 unspecified atom stereocenters. The zero-order chi connectivity index (χ0) is 7.98. The molecule has 0 aliphatic heterocycles. The highest BCUT2D eigenvalue weighted by molar-refractivity contribution is 5.77. The number of ether oxygens (including phenoxy) is 1. The number of rotatable bonds is 3. The lowest BCUT2D eigenvalue weighted by Crippen LogP contribution is -2.16. The molecule has 0 amide bonds. The molecule has 0 fully saturated rings. The fourth-order valence-electron chi connectivity index (χ4n) is 0.314. The van der Waals surface area contributed by atoms with Crippen molar-refractivity contribution in [2.75, 3.05) is 6.61 Å².